The summed E-state index contributed by atoms with van der Waals surface area (Å²) in [7, 11) is 0. The van der Waals surface area contributed by atoms with Gasteiger partial charge in [-0.15, -0.1) is 0 Å². The maximum atomic E-state index is 8.96. The van der Waals surface area contributed by atoms with Crippen molar-refractivity contribution in [2.45, 2.75) is 39.7 Å². The monoisotopic (exact) mass is 198 g/mol. The fourth-order valence-corrected chi connectivity index (χ4v) is 1.17. The van der Waals surface area contributed by atoms with Crippen molar-refractivity contribution in [1.82, 2.24) is 5.32 Å². The molecule has 0 spiro atoms. The summed E-state index contributed by atoms with van der Waals surface area (Å²) in [6, 6.07) is 2.28. The lowest BCUT2D eigenvalue weighted by atomic mass is 10.0. The van der Waals surface area contributed by atoms with Crippen molar-refractivity contribution in [2.75, 3.05) is 19.8 Å². The number of hydrogen-bond donors (Lipinski definition) is 1. The van der Waals surface area contributed by atoms with Crippen molar-refractivity contribution in [3.63, 3.8) is 0 Å². The minimum atomic E-state index is -0.439. The van der Waals surface area contributed by atoms with Crippen LogP contribution in [0.4, 0.5) is 0 Å². The van der Waals surface area contributed by atoms with Gasteiger partial charge in [-0.3, -0.25) is 5.32 Å². The van der Waals surface area contributed by atoms with E-state index in [0.717, 1.165) is 19.6 Å². The highest BCUT2D eigenvalue weighted by Gasteiger charge is 2.21. The number of nitrogens with zero attached hydrogens (tertiary/aromatic N) is 1. The van der Waals surface area contributed by atoms with Gasteiger partial charge in [-0.05, 0) is 19.4 Å². The zero-order valence-corrected chi connectivity index (χ0v) is 9.76. The Labute approximate surface area is 87.4 Å². The Morgan fingerprint density at radius 3 is 2.57 bits per heavy atom. The predicted octanol–water partition coefficient (Wildman–Crippen LogP) is 1.94. The molecule has 0 rings (SSSR count). The summed E-state index contributed by atoms with van der Waals surface area (Å²) in [5, 5.41) is 12.1. The van der Waals surface area contributed by atoms with Crippen LogP contribution < -0.4 is 5.32 Å². The molecular formula is C11H22N2O. The largest absolute Gasteiger partial charge is 0.381 e. The molecule has 0 aromatic carbocycles. The molecule has 0 aliphatic heterocycles. The third-order valence-corrected chi connectivity index (χ3v) is 2.01. The van der Waals surface area contributed by atoms with Crippen molar-refractivity contribution < 1.29 is 4.74 Å². The lowest BCUT2D eigenvalue weighted by molar-refractivity contribution is 0.0968. The van der Waals surface area contributed by atoms with Crippen LogP contribution >= 0.6 is 0 Å². The molecule has 0 bridgehead atoms. The van der Waals surface area contributed by atoms with Crippen LogP contribution in [0.2, 0.25) is 0 Å². The molecule has 0 amide bonds. The zero-order chi connectivity index (χ0) is 11.0. The second-order valence-corrected chi connectivity index (χ2v) is 4.19. The third kappa shape index (κ3) is 5.95. The van der Waals surface area contributed by atoms with Gasteiger partial charge in [0, 0.05) is 19.6 Å². The molecule has 0 heterocycles. The van der Waals surface area contributed by atoms with Gasteiger partial charge in [0.15, 0.2) is 0 Å². The van der Waals surface area contributed by atoms with E-state index in [0.29, 0.717) is 12.5 Å². The summed E-state index contributed by atoms with van der Waals surface area (Å²) >= 11 is 0. The van der Waals surface area contributed by atoms with Crippen molar-refractivity contribution >= 4 is 0 Å². The number of rotatable bonds is 7. The second-order valence-electron chi connectivity index (χ2n) is 4.19. The predicted molar refractivity (Wildman–Crippen MR) is 58.0 cm³/mol. The first kappa shape index (κ1) is 13.4. The van der Waals surface area contributed by atoms with Crippen molar-refractivity contribution in [3.8, 4) is 6.07 Å². The van der Waals surface area contributed by atoms with Crippen LogP contribution in [0.15, 0.2) is 0 Å². The van der Waals surface area contributed by atoms with Crippen molar-refractivity contribution in [2.24, 2.45) is 5.92 Å². The van der Waals surface area contributed by atoms with E-state index in [1.54, 1.807) is 0 Å². The normalized spacial score (nSPS) is 15.1. The number of hydrogen-bond acceptors (Lipinski definition) is 3. The molecule has 0 saturated carbocycles. The molecule has 82 valence electrons. The summed E-state index contributed by atoms with van der Waals surface area (Å²) in [4.78, 5) is 0. The first-order valence-corrected chi connectivity index (χ1v) is 5.28. The Bertz CT molecular complexity index is 186. The van der Waals surface area contributed by atoms with Crippen LogP contribution in [-0.4, -0.2) is 25.3 Å². The molecular weight excluding hydrogens is 176 g/mol. The minimum Gasteiger partial charge on any atom is -0.381 e. The van der Waals surface area contributed by atoms with Gasteiger partial charge in [-0.25, -0.2) is 0 Å². The summed E-state index contributed by atoms with van der Waals surface area (Å²) in [5.41, 5.74) is -0.439. The molecule has 0 aromatic rings. The minimum absolute atomic E-state index is 0.439. The fourth-order valence-electron chi connectivity index (χ4n) is 1.17. The van der Waals surface area contributed by atoms with Crippen molar-refractivity contribution in [1.29, 1.82) is 5.26 Å². The molecule has 1 atom stereocenters. The number of nitrogens with one attached hydrogen (secondary N) is 1. The maximum absolute atomic E-state index is 8.96. The Hall–Kier alpha value is -0.590. The van der Waals surface area contributed by atoms with E-state index in [2.05, 4.69) is 25.2 Å². The average Bonchev–Trinajstić information content (AvgIpc) is 2.13. The molecule has 0 aliphatic carbocycles. The molecule has 0 radical (unpaired) electrons. The van der Waals surface area contributed by atoms with Crippen LogP contribution in [-0.2, 0) is 4.74 Å². The molecule has 14 heavy (non-hydrogen) atoms. The Morgan fingerprint density at radius 1 is 1.50 bits per heavy atom. The molecule has 1 N–H and O–H groups in total. The van der Waals surface area contributed by atoms with Crippen molar-refractivity contribution in [3.05, 3.63) is 0 Å². The lowest BCUT2D eigenvalue weighted by Gasteiger charge is -2.22. The van der Waals surface area contributed by atoms with Crippen LogP contribution in [0.1, 0.15) is 34.1 Å². The van der Waals surface area contributed by atoms with Gasteiger partial charge in [0.1, 0.15) is 5.54 Å². The molecule has 1 unspecified atom stereocenters. The molecule has 3 heteroatoms. The topological polar surface area (TPSA) is 45.0 Å². The number of ether oxygens (including phenoxy) is 1. The summed E-state index contributed by atoms with van der Waals surface area (Å²) in [6.45, 7) is 10.4. The first-order chi connectivity index (χ1) is 6.54. The molecule has 3 nitrogen and oxygen atoms in total. The third-order valence-electron chi connectivity index (χ3n) is 2.01. The molecule has 0 saturated heterocycles. The van der Waals surface area contributed by atoms with Gasteiger partial charge in [-0.2, -0.15) is 5.26 Å². The Kier molecular flexibility index (Phi) is 6.52. The lowest BCUT2D eigenvalue weighted by Crippen LogP contribution is -2.41. The van der Waals surface area contributed by atoms with Gasteiger partial charge in [-0.1, -0.05) is 20.8 Å². The first-order valence-electron chi connectivity index (χ1n) is 5.28. The average molecular weight is 198 g/mol. The second kappa shape index (κ2) is 6.80. The molecule has 0 aromatic heterocycles. The van der Waals surface area contributed by atoms with Gasteiger partial charge in [0.05, 0.1) is 6.07 Å². The summed E-state index contributed by atoms with van der Waals surface area (Å²) < 4.78 is 5.45. The van der Waals surface area contributed by atoms with E-state index in [-0.39, 0.29) is 0 Å². The molecule has 0 fully saturated rings. The van der Waals surface area contributed by atoms with Crippen LogP contribution in [0.25, 0.3) is 0 Å². The smallest absolute Gasteiger partial charge is 0.106 e. The van der Waals surface area contributed by atoms with E-state index in [4.69, 9.17) is 10.00 Å². The summed E-state index contributed by atoms with van der Waals surface area (Å²) in [6.07, 6.45) is 0.740. The molecule has 0 aliphatic rings. The van der Waals surface area contributed by atoms with Gasteiger partial charge in [0.25, 0.3) is 0 Å². The highest BCUT2D eigenvalue weighted by atomic mass is 16.5. The highest BCUT2D eigenvalue weighted by Crippen LogP contribution is 2.08. The van der Waals surface area contributed by atoms with Gasteiger partial charge < -0.3 is 4.74 Å². The Morgan fingerprint density at radius 2 is 2.14 bits per heavy atom. The van der Waals surface area contributed by atoms with E-state index < -0.39 is 5.54 Å². The van der Waals surface area contributed by atoms with E-state index >= 15 is 0 Å². The number of nitriles is 1. The van der Waals surface area contributed by atoms with Crippen LogP contribution in [0.3, 0.4) is 0 Å². The zero-order valence-electron chi connectivity index (χ0n) is 9.76. The van der Waals surface area contributed by atoms with E-state index in [1.165, 1.54) is 0 Å². The quantitative estimate of drug-likeness (QED) is 0.636. The van der Waals surface area contributed by atoms with Crippen LogP contribution in [0, 0.1) is 17.2 Å². The highest BCUT2D eigenvalue weighted by molar-refractivity contribution is 5.03. The fraction of sp³-hybridized carbons (Fsp3) is 0.909. The van der Waals surface area contributed by atoms with Crippen LogP contribution in [0.5, 0.6) is 0 Å². The SMILES string of the molecule is CCNC(C)(C#N)CCOCC(C)C. The van der Waals surface area contributed by atoms with Gasteiger partial charge in [0.2, 0.25) is 0 Å². The van der Waals surface area contributed by atoms with E-state index in [9.17, 15) is 0 Å². The van der Waals surface area contributed by atoms with Gasteiger partial charge >= 0.3 is 0 Å². The standard InChI is InChI=1S/C11H22N2O/c1-5-13-11(4,9-12)6-7-14-8-10(2)3/h10,13H,5-8H2,1-4H3. The maximum Gasteiger partial charge on any atom is 0.106 e. The summed E-state index contributed by atoms with van der Waals surface area (Å²) in [5.74, 6) is 0.558. The van der Waals surface area contributed by atoms with E-state index in [1.807, 2.05) is 13.8 Å². The Balaban J connectivity index is 3.69.